The lowest BCUT2D eigenvalue weighted by Gasteiger charge is -2.28. The summed E-state index contributed by atoms with van der Waals surface area (Å²) in [5.41, 5.74) is 3.81. The van der Waals surface area contributed by atoms with Crippen molar-refractivity contribution < 1.29 is 0 Å². The van der Waals surface area contributed by atoms with Crippen molar-refractivity contribution in [3.05, 3.63) is 24.0 Å². The highest BCUT2D eigenvalue weighted by atomic mass is 15.2. The van der Waals surface area contributed by atoms with Crippen molar-refractivity contribution in [2.45, 2.75) is 46.1 Å². The highest BCUT2D eigenvalue weighted by molar-refractivity contribution is 5.89. The molecule has 3 rings (SSSR count). The zero-order valence-electron chi connectivity index (χ0n) is 12.0. The van der Waals surface area contributed by atoms with E-state index in [1.807, 2.05) is 0 Å². The van der Waals surface area contributed by atoms with E-state index >= 15 is 0 Å². The highest BCUT2D eigenvalue weighted by Crippen LogP contribution is 2.29. The fraction of sp³-hybridized carbons (Fsp3) is 0.562. The monoisotopic (exact) mass is 257 g/mol. The average Bonchev–Trinajstić information content (AvgIpc) is 2.77. The summed E-state index contributed by atoms with van der Waals surface area (Å²) < 4.78 is 2.35. The first-order chi connectivity index (χ1) is 9.31. The molecule has 102 valence electrons. The van der Waals surface area contributed by atoms with Gasteiger partial charge in [0.1, 0.15) is 11.3 Å². The number of hydrogen-bond donors (Lipinski definition) is 0. The smallest absolute Gasteiger partial charge is 0.112 e. The van der Waals surface area contributed by atoms with Gasteiger partial charge in [0, 0.05) is 19.6 Å². The third kappa shape index (κ3) is 2.22. The van der Waals surface area contributed by atoms with E-state index in [-0.39, 0.29) is 0 Å². The molecule has 1 aromatic heterocycles. The molecular weight excluding hydrogens is 234 g/mol. The van der Waals surface area contributed by atoms with Crippen LogP contribution < -0.4 is 4.90 Å². The van der Waals surface area contributed by atoms with Gasteiger partial charge < -0.3 is 9.47 Å². The highest BCUT2D eigenvalue weighted by Gasteiger charge is 2.16. The molecule has 0 unspecified atom stereocenters. The lowest BCUT2D eigenvalue weighted by molar-refractivity contribution is 0.579. The predicted molar refractivity (Wildman–Crippen MR) is 80.8 cm³/mol. The van der Waals surface area contributed by atoms with Crippen LogP contribution >= 0.6 is 0 Å². The number of aryl methyl sites for hydroxylation is 2. The van der Waals surface area contributed by atoms with Gasteiger partial charge in [0.15, 0.2) is 0 Å². The number of aromatic nitrogens is 2. The van der Waals surface area contributed by atoms with E-state index in [9.17, 15) is 0 Å². The summed E-state index contributed by atoms with van der Waals surface area (Å²) in [6.45, 7) is 7.76. The SMILES string of the molecule is CCCn1c(C)nc2c(N3CCCCC3)cccc21. The maximum atomic E-state index is 4.83. The average molecular weight is 257 g/mol. The van der Waals surface area contributed by atoms with Crippen molar-refractivity contribution in [1.82, 2.24) is 9.55 Å². The van der Waals surface area contributed by atoms with E-state index in [4.69, 9.17) is 4.98 Å². The van der Waals surface area contributed by atoms with Crippen molar-refractivity contribution in [2.75, 3.05) is 18.0 Å². The Kier molecular flexibility index (Phi) is 3.45. The number of fused-ring (bicyclic) bond motifs is 1. The molecule has 3 heteroatoms. The molecule has 2 aromatic rings. The Bertz CT molecular complexity index is 565. The van der Waals surface area contributed by atoms with Crippen LogP contribution in [-0.4, -0.2) is 22.6 Å². The molecule has 1 fully saturated rings. The Labute approximate surface area is 115 Å². The molecule has 0 N–H and O–H groups in total. The van der Waals surface area contributed by atoms with Crippen LogP contribution in [0.25, 0.3) is 11.0 Å². The summed E-state index contributed by atoms with van der Waals surface area (Å²) in [5, 5.41) is 0. The minimum atomic E-state index is 1.06. The van der Waals surface area contributed by atoms with Crippen LogP contribution in [0, 0.1) is 6.92 Å². The first-order valence-corrected chi connectivity index (χ1v) is 7.52. The standard InChI is InChI=1S/C16H23N3/c1-3-10-19-13(2)17-16-14(8-7-9-15(16)19)18-11-5-4-6-12-18/h7-9H,3-6,10-12H2,1-2H3. The van der Waals surface area contributed by atoms with E-state index in [0.29, 0.717) is 0 Å². The van der Waals surface area contributed by atoms with Gasteiger partial charge in [-0.05, 0) is 44.7 Å². The summed E-state index contributed by atoms with van der Waals surface area (Å²) in [4.78, 5) is 7.34. The minimum absolute atomic E-state index is 1.06. The third-order valence-electron chi connectivity index (χ3n) is 4.09. The van der Waals surface area contributed by atoms with Crippen LogP contribution in [-0.2, 0) is 6.54 Å². The van der Waals surface area contributed by atoms with Crippen LogP contribution in [0.15, 0.2) is 18.2 Å². The number of hydrogen-bond acceptors (Lipinski definition) is 2. The zero-order valence-corrected chi connectivity index (χ0v) is 12.0. The second-order valence-corrected chi connectivity index (χ2v) is 5.50. The topological polar surface area (TPSA) is 21.1 Å². The van der Waals surface area contributed by atoms with Crippen molar-refractivity contribution in [3.63, 3.8) is 0 Å². The second-order valence-electron chi connectivity index (χ2n) is 5.50. The van der Waals surface area contributed by atoms with Gasteiger partial charge >= 0.3 is 0 Å². The van der Waals surface area contributed by atoms with Gasteiger partial charge in [-0.1, -0.05) is 13.0 Å². The molecule has 1 aromatic carbocycles. The van der Waals surface area contributed by atoms with Gasteiger partial charge in [0.2, 0.25) is 0 Å². The number of benzene rings is 1. The number of nitrogens with zero attached hydrogens (tertiary/aromatic N) is 3. The molecule has 19 heavy (non-hydrogen) atoms. The van der Waals surface area contributed by atoms with Crippen molar-refractivity contribution in [1.29, 1.82) is 0 Å². The molecule has 0 bridgehead atoms. The van der Waals surface area contributed by atoms with Crippen LogP contribution in [0.5, 0.6) is 0 Å². The fourth-order valence-corrected chi connectivity index (χ4v) is 3.14. The first-order valence-electron chi connectivity index (χ1n) is 7.52. The van der Waals surface area contributed by atoms with Gasteiger partial charge in [-0.15, -0.1) is 0 Å². The normalized spacial score (nSPS) is 16.2. The van der Waals surface area contributed by atoms with Crippen LogP contribution in [0.3, 0.4) is 0 Å². The van der Waals surface area contributed by atoms with E-state index in [2.05, 4.69) is 41.5 Å². The van der Waals surface area contributed by atoms with Gasteiger partial charge in [0.25, 0.3) is 0 Å². The summed E-state index contributed by atoms with van der Waals surface area (Å²) in [5.74, 6) is 1.14. The lowest BCUT2D eigenvalue weighted by Crippen LogP contribution is -2.29. The largest absolute Gasteiger partial charge is 0.370 e. The minimum Gasteiger partial charge on any atom is -0.370 e. The lowest BCUT2D eigenvalue weighted by atomic mass is 10.1. The molecule has 3 nitrogen and oxygen atoms in total. The van der Waals surface area contributed by atoms with Gasteiger partial charge in [-0.2, -0.15) is 0 Å². The Morgan fingerprint density at radius 2 is 1.95 bits per heavy atom. The molecule has 0 atom stereocenters. The molecule has 1 aliphatic rings. The number of piperidine rings is 1. The van der Waals surface area contributed by atoms with E-state index < -0.39 is 0 Å². The van der Waals surface area contributed by atoms with E-state index in [0.717, 1.165) is 18.8 Å². The fourth-order valence-electron chi connectivity index (χ4n) is 3.14. The maximum absolute atomic E-state index is 4.83. The Morgan fingerprint density at radius 1 is 1.16 bits per heavy atom. The quantitative estimate of drug-likeness (QED) is 0.835. The molecule has 2 heterocycles. The van der Waals surface area contributed by atoms with Crippen molar-refractivity contribution >= 4 is 16.7 Å². The summed E-state index contributed by atoms with van der Waals surface area (Å²) >= 11 is 0. The molecule has 0 radical (unpaired) electrons. The van der Waals surface area contributed by atoms with Crippen LogP contribution in [0.4, 0.5) is 5.69 Å². The summed E-state index contributed by atoms with van der Waals surface area (Å²) in [6, 6.07) is 6.62. The number of imidazole rings is 1. The number of anilines is 1. The Balaban J connectivity index is 2.07. The molecular formula is C16H23N3. The molecule has 0 saturated carbocycles. The molecule has 1 saturated heterocycles. The van der Waals surface area contributed by atoms with E-state index in [1.165, 1.54) is 49.1 Å². The van der Waals surface area contributed by atoms with Gasteiger partial charge in [0.05, 0.1) is 11.2 Å². The third-order valence-corrected chi connectivity index (χ3v) is 4.09. The van der Waals surface area contributed by atoms with Gasteiger partial charge in [-0.25, -0.2) is 4.98 Å². The van der Waals surface area contributed by atoms with Gasteiger partial charge in [-0.3, -0.25) is 0 Å². The molecule has 1 aliphatic heterocycles. The molecule has 0 aliphatic carbocycles. The Morgan fingerprint density at radius 3 is 2.68 bits per heavy atom. The van der Waals surface area contributed by atoms with Crippen molar-refractivity contribution in [2.24, 2.45) is 0 Å². The van der Waals surface area contributed by atoms with Crippen LogP contribution in [0.1, 0.15) is 38.4 Å². The zero-order chi connectivity index (χ0) is 13.2. The summed E-state index contributed by atoms with van der Waals surface area (Å²) in [6.07, 6.45) is 5.14. The predicted octanol–water partition coefficient (Wildman–Crippen LogP) is 3.75. The number of para-hydroxylation sites is 1. The van der Waals surface area contributed by atoms with Crippen LogP contribution in [0.2, 0.25) is 0 Å². The maximum Gasteiger partial charge on any atom is 0.112 e. The first kappa shape index (κ1) is 12.5. The summed E-state index contributed by atoms with van der Waals surface area (Å²) in [7, 11) is 0. The second kappa shape index (κ2) is 5.24. The number of rotatable bonds is 3. The van der Waals surface area contributed by atoms with Crippen molar-refractivity contribution in [3.8, 4) is 0 Å². The Hall–Kier alpha value is -1.51. The molecule has 0 spiro atoms. The van der Waals surface area contributed by atoms with E-state index in [1.54, 1.807) is 0 Å². The molecule has 0 amide bonds.